The molecule has 1 saturated carbocycles. The molecule has 1 aliphatic carbocycles. The van der Waals surface area contributed by atoms with E-state index in [0.29, 0.717) is 18.4 Å². The van der Waals surface area contributed by atoms with E-state index in [9.17, 15) is 9.59 Å². The van der Waals surface area contributed by atoms with Gasteiger partial charge in [-0.25, -0.2) is 4.79 Å². The molecule has 2 fully saturated rings. The largest absolute Gasteiger partial charge is 0.335 e. The molecule has 2 aliphatic rings. The van der Waals surface area contributed by atoms with Gasteiger partial charge in [-0.05, 0) is 31.1 Å². The minimum absolute atomic E-state index is 0.193. The molecule has 2 atom stereocenters. The number of amides is 3. The maximum atomic E-state index is 11.9. The molecule has 0 bridgehead atoms. The summed E-state index contributed by atoms with van der Waals surface area (Å²) in [7, 11) is 0. The Labute approximate surface area is 121 Å². The van der Waals surface area contributed by atoms with Gasteiger partial charge in [0.25, 0.3) is 0 Å². The Morgan fingerprint density at radius 2 is 1.70 bits per heavy atom. The number of nitrogens with one attached hydrogen (secondary N) is 2. The fraction of sp³-hybridized carbons (Fsp3) is 0.867. The van der Waals surface area contributed by atoms with Crippen LogP contribution in [-0.4, -0.2) is 42.5 Å². The van der Waals surface area contributed by atoms with Crippen molar-refractivity contribution in [2.24, 2.45) is 11.8 Å². The third-order valence-electron chi connectivity index (χ3n) is 4.26. The van der Waals surface area contributed by atoms with Crippen LogP contribution in [0.25, 0.3) is 0 Å². The van der Waals surface area contributed by atoms with Crippen LogP contribution < -0.4 is 10.6 Å². The minimum Gasteiger partial charge on any atom is -0.335 e. The maximum absolute atomic E-state index is 11.9. The number of nitrogens with zero attached hydrogens (tertiary/aromatic N) is 1. The van der Waals surface area contributed by atoms with E-state index in [1.807, 2.05) is 0 Å². The molecule has 114 valence electrons. The highest BCUT2D eigenvalue weighted by atomic mass is 16.2. The van der Waals surface area contributed by atoms with Gasteiger partial charge in [0.1, 0.15) is 0 Å². The van der Waals surface area contributed by atoms with Gasteiger partial charge in [0.15, 0.2) is 0 Å². The summed E-state index contributed by atoms with van der Waals surface area (Å²) in [4.78, 5) is 25.8. The summed E-state index contributed by atoms with van der Waals surface area (Å²) >= 11 is 0. The van der Waals surface area contributed by atoms with Crippen molar-refractivity contribution in [3.05, 3.63) is 0 Å². The molecule has 0 aromatic heterocycles. The van der Waals surface area contributed by atoms with Crippen LogP contribution in [-0.2, 0) is 4.79 Å². The van der Waals surface area contributed by atoms with Crippen molar-refractivity contribution in [1.29, 1.82) is 0 Å². The van der Waals surface area contributed by atoms with Gasteiger partial charge in [-0.1, -0.05) is 26.7 Å². The molecule has 1 aliphatic heterocycles. The molecule has 2 N–H and O–H groups in total. The summed E-state index contributed by atoms with van der Waals surface area (Å²) in [5.74, 6) is 1.06. The highest BCUT2D eigenvalue weighted by molar-refractivity contribution is 5.95. The van der Waals surface area contributed by atoms with Gasteiger partial charge in [-0.2, -0.15) is 0 Å². The summed E-state index contributed by atoms with van der Waals surface area (Å²) in [6.07, 6.45) is 5.62. The number of piperidine rings is 1. The zero-order chi connectivity index (χ0) is 14.5. The van der Waals surface area contributed by atoms with E-state index in [0.717, 1.165) is 25.9 Å². The first kappa shape index (κ1) is 15.3. The standard InChI is InChI=1S/C15H27N3O2/c1-11-7-12(2)9-18(8-11)10-14(19)17-15(20)16-13-5-3-4-6-13/h11-13H,3-10H2,1-2H3,(H2,16,17,19,20)/t11-,12-/m0/s1. The molecule has 5 nitrogen and oxygen atoms in total. The lowest BCUT2D eigenvalue weighted by molar-refractivity contribution is -0.121. The number of carbonyl (C=O) groups is 2. The second kappa shape index (κ2) is 7.07. The molecule has 0 radical (unpaired) electrons. The number of carbonyl (C=O) groups excluding carboxylic acids is 2. The average Bonchev–Trinajstić information content (AvgIpc) is 2.79. The second-order valence-corrected chi connectivity index (χ2v) is 6.64. The lowest BCUT2D eigenvalue weighted by Gasteiger charge is -2.34. The maximum Gasteiger partial charge on any atom is 0.321 e. The third kappa shape index (κ3) is 4.78. The first-order valence-corrected chi connectivity index (χ1v) is 7.85. The van der Waals surface area contributed by atoms with Gasteiger partial charge in [-0.3, -0.25) is 15.0 Å². The molecule has 0 unspecified atom stereocenters. The van der Waals surface area contributed by atoms with Crippen molar-refractivity contribution >= 4 is 11.9 Å². The van der Waals surface area contributed by atoms with Gasteiger partial charge in [-0.15, -0.1) is 0 Å². The third-order valence-corrected chi connectivity index (χ3v) is 4.26. The fourth-order valence-corrected chi connectivity index (χ4v) is 3.58. The lowest BCUT2D eigenvalue weighted by atomic mass is 9.92. The summed E-state index contributed by atoms with van der Waals surface area (Å²) in [5, 5.41) is 5.33. The van der Waals surface area contributed by atoms with Gasteiger partial charge in [0.2, 0.25) is 5.91 Å². The second-order valence-electron chi connectivity index (χ2n) is 6.64. The van der Waals surface area contributed by atoms with Crippen LogP contribution in [0.1, 0.15) is 46.0 Å². The summed E-state index contributed by atoms with van der Waals surface area (Å²) in [6, 6.07) is -0.0853. The Hall–Kier alpha value is -1.10. The van der Waals surface area contributed by atoms with Crippen LogP contribution in [0.15, 0.2) is 0 Å². The summed E-state index contributed by atoms with van der Waals surface area (Å²) in [6.45, 7) is 6.65. The van der Waals surface area contributed by atoms with Crippen molar-refractivity contribution in [2.45, 2.75) is 52.0 Å². The SMILES string of the molecule is C[C@H]1C[C@H](C)CN(CC(=O)NC(=O)NC2CCCC2)C1. The number of urea groups is 1. The molecule has 20 heavy (non-hydrogen) atoms. The molecule has 0 aromatic carbocycles. The average molecular weight is 281 g/mol. The monoisotopic (exact) mass is 281 g/mol. The molecule has 1 heterocycles. The van der Waals surface area contributed by atoms with E-state index in [1.54, 1.807) is 0 Å². The molecular weight excluding hydrogens is 254 g/mol. The Morgan fingerprint density at radius 1 is 1.10 bits per heavy atom. The predicted molar refractivity (Wildman–Crippen MR) is 78.3 cm³/mol. The van der Waals surface area contributed by atoms with Crippen molar-refractivity contribution in [1.82, 2.24) is 15.5 Å². The van der Waals surface area contributed by atoms with Crippen molar-refractivity contribution in [3.8, 4) is 0 Å². The molecular formula is C15H27N3O2. The van der Waals surface area contributed by atoms with E-state index in [2.05, 4.69) is 29.4 Å². The highest BCUT2D eigenvalue weighted by Crippen LogP contribution is 2.20. The lowest BCUT2D eigenvalue weighted by Crippen LogP contribution is -2.49. The predicted octanol–water partition coefficient (Wildman–Crippen LogP) is 1.73. The topological polar surface area (TPSA) is 61.4 Å². The zero-order valence-electron chi connectivity index (χ0n) is 12.7. The minimum atomic E-state index is -0.333. The molecule has 3 amide bonds. The number of likely N-dealkylation sites (tertiary alicyclic amines) is 1. The van der Waals surface area contributed by atoms with Crippen LogP contribution in [0.2, 0.25) is 0 Å². The van der Waals surface area contributed by atoms with Crippen molar-refractivity contribution < 1.29 is 9.59 Å². The summed E-state index contributed by atoms with van der Waals surface area (Å²) in [5.41, 5.74) is 0. The van der Waals surface area contributed by atoms with Crippen LogP contribution in [0.4, 0.5) is 4.79 Å². The van der Waals surface area contributed by atoms with Gasteiger partial charge in [0, 0.05) is 19.1 Å². The number of hydrogen-bond donors (Lipinski definition) is 2. The molecule has 0 aromatic rings. The van der Waals surface area contributed by atoms with Crippen molar-refractivity contribution in [2.75, 3.05) is 19.6 Å². The van der Waals surface area contributed by atoms with E-state index in [-0.39, 0.29) is 18.0 Å². The molecule has 0 spiro atoms. The van der Waals surface area contributed by atoms with Gasteiger partial charge < -0.3 is 5.32 Å². The quantitative estimate of drug-likeness (QED) is 0.828. The molecule has 2 rings (SSSR count). The van der Waals surface area contributed by atoms with Crippen molar-refractivity contribution in [3.63, 3.8) is 0 Å². The first-order valence-electron chi connectivity index (χ1n) is 7.85. The van der Waals surface area contributed by atoms with E-state index < -0.39 is 0 Å². The van der Waals surface area contributed by atoms with Crippen LogP contribution in [0, 0.1) is 11.8 Å². The normalized spacial score (nSPS) is 28.3. The number of rotatable bonds is 3. The molecule has 1 saturated heterocycles. The number of imide groups is 1. The Kier molecular flexibility index (Phi) is 5.40. The highest BCUT2D eigenvalue weighted by Gasteiger charge is 2.24. The zero-order valence-corrected chi connectivity index (χ0v) is 12.7. The first-order chi connectivity index (χ1) is 9.52. The van der Waals surface area contributed by atoms with Crippen LogP contribution in [0.5, 0.6) is 0 Å². The van der Waals surface area contributed by atoms with E-state index in [4.69, 9.17) is 0 Å². The van der Waals surface area contributed by atoms with Crippen LogP contribution in [0.3, 0.4) is 0 Å². The molecule has 5 heteroatoms. The van der Waals surface area contributed by atoms with E-state index in [1.165, 1.54) is 19.3 Å². The van der Waals surface area contributed by atoms with Crippen LogP contribution >= 0.6 is 0 Å². The number of hydrogen-bond acceptors (Lipinski definition) is 3. The summed E-state index contributed by atoms with van der Waals surface area (Å²) < 4.78 is 0. The fourth-order valence-electron chi connectivity index (χ4n) is 3.58. The Balaban J connectivity index is 1.70. The Bertz CT molecular complexity index is 343. The van der Waals surface area contributed by atoms with Gasteiger partial charge >= 0.3 is 6.03 Å². The Morgan fingerprint density at radius 3 is 2.30 bits per heavy atom. The van der Waals surface area contributed by atoms with E-state index >= 15 is 0 Å². The van der Waals surface area contributed by atoms with Gasteiger partial charge in [0.05, 0.1) is 6.54 Å². The smallest absolute Gasteiger partial charge is 0.321 e.